The van der Waals surface area contributed by atoms with Gasteiger partial charge in [0.1, 0.15) is 11.9 Å². The summed E-state index contributed by atoms with van der Waals surface area (Å²) < 4.78 is 10.0. The molecule has 0 bridgehead atoms. The fourth-order valence-electron chi connectivity index (χ4n) is 0.880. The maximum atomic E-state index is 5.79. The van der Waals surface area contributed by atoms with E-state index in [0.29, 0.717) is 15.8 Å². The monoisotopic (exact) mass is 228 g/mol. The Hall–Kier alpha value is -1.19. The van der Waals surface area contributed by atoms with Gasteiger partial charge >= 0.3 is 5.95 Å². The minimum absolute atomic E-state index is 0.253. The molecule has 1 aromatic heterocycles. The molecule has 0 saturated carbocycles. The Balaban J connectivity index is 2.22. The lowest BCUT2D eigenvalue weighted by molar-refractivity contribution is 0.343. The van der Waals surface area contributed by atoms with E-state index in [-0.39, 0.29) is 5.95 Å². The highest BCUT2D eigenvalue weighted by molar-refractivity contribution is 6.42. The van der Waals surface area contributed by atoms with Gasteiger partial charge in [-0.1, -0.05) is 23.2 Å². The maximum Gasteiger partial charge on any atom is 0.311 e. The van der Waals surface area contributed by atoms with Gasteiger partial charge in [-0.2, -0.15) is 0 Å². The summed E-state index contributed by atoms with van der Waals surface area (Å²) in [6, 6.07) is 4.91. The molecule has 1 radical (unpaired) electrons. The Morgan fingerprint density at radius 3 is 2.79 bits per heavy atom. The van der Waals surface area contributed by atoms with Gasteiger partial charge < -0.3 is 9.15 Å². The van der Waals surface area contributed by atoms with E-state index in [1.807, 2.05) is 0 Å². The van der Waals surface area contributed by atoms with Crippen LogP contribution in [0.1, 0.15) is 0 Å². The van der Waals surface area contributed by atoms with Crippen LogP contribution in [0.25, 0.3) is 0 Å². The molecule has 1 heterocycles. The summed E-state index contributed by atoms with van der Waals surface area (Å²) in [5.74, 6) is 0.785. The third-order valence-electron chi connectivity index (χ3n) is 1.48. The molecular weight excluding hydrogens is 225 g/mol. The Morgan fingerprint density at radius 2 is 2.14 bits per heavy atom. The van der Waals surface area contributed by atoms with E-state index >= 15 is 0 Å². The first kappa shape index (κ1) is 9.37. The second-order valence-electron chi connectivity index (χ2n) is 2.45. The number of aromatic nitrogens is 1. The van der Waals surface area contributed by atoms with E-state index in [1.165, 1.54) is 6.20 Å². The summed E-state index contributed by atoms with van der Waals surface area (Å²) in [6.45, 7) is 0. The molecule has 2 aromatic rings. The molecule has 0 fully saturated rings. The number of halogens is 2. The fraction of sp³-hybridized carbons (Fsp3) is 0. The van der Waals surface area contributed by atoms with Crippen LogP contribution in [0.15, 0.2) is 28.8 Å². The zero-order valence-electron chi connectivity index (χ0n) is 6.83. The second kappa shape index (κ2) is 3.90. The minimum Gasteiger partial charge on any atom is -0.425 e. The molecule has 71 valence electrons. The summed E-state index contributed by atoms with van der Waals surface area (Å²) in [5.41, 5.74) is 0. The molecule has 0 spiro atoms. The number of oxazole rings is 1. The van der Waals surface area contributed by atoms with Gasteiger partial charge in [-0.25, -0.2) is 4.98 Å². The van der Waals surface area contributed by atoms with Gasteiger partial charge in [-0.3, -0.25) is 0 Å². The first-order valence-electron chi connectivity index (χ1n) is 3.70. The third-order valence-corrected chi connectivity index (χ3v) is 2.22. The highest BCUT2D eigenvalue weighted by atomic mass is 35.5. The molecule has 0 amide bonds. The van der Waals surface area contributed by atoms with Crippen molar-refractivity contribution in [3.63, 3.8) is 0 Å². The normalized spacial score (nSPS) is 10.1. The molecule has 0 aliphatic rings. The largest absolute Gasteiger partial charge is 0.425 e. The van der Waals surface area contributed by atoms with Crippen LogP contribution in [0, 0.1) is 6.39 Å². The van der Waals surface area contributed by atoms with Gasteiger partial charge in [-0.05, 0) is 12.1 Å². The number of hydrogen-bond donors (Lipinski definition) is 0. The van der Waals surface area contributed by atoms with E-state index in [9.17, 15) is 0 Å². The van der Waals surface area contributed by atoms with E-state index in [4.69, 9.17) is 32.4 Å². The van der Waals surface area contributed by atoms with Crippen molar-refractivity contribution in [2.75, 3.05) is 0 Å². The highest BCUT2D eigenvalue weighted by Gasteiger charge is 2.03. The average molecular weight is 229 g/mol. The van der Waals surface area contributed by atoms with Crippen molar-refractivity contribution in [1.82, 2.24) is 4.98 Å². The van der Waals surface area contributed by atoms with Gasteiger partial charge in [0.25, 0.3) is 6.39 Å². The zero-order chi connectivity index (χ0) is 9.97. The van der Waals surface area contributed by atoms with Crippen LogP contribution in [0.2, 0.25) is 10.0 Å². The topological polar surface area (TPSA) is 35.3 Å². The Labute approximate surface area is 90.2 Å². The van der Waals surface area contributed by atoms with Crippen LogP contribution >= 0.6 is 23.2 Å². The molecule has 1 aromatic carbocycles. The van der Waals surface area contributed by atoms with Gasteiger partial charge in [0.05, 0.1) is 10.0 Å². The third kappa shape index (κ3) is 2.00. The minimum atomic E-state index is 0.253. The van der Waals surface area contributed by atoms with Crippen molar-refractivity contribution in [3.8, 4) is 11.7 Å². The van der Waals surface area contributed by atoms with Crippen LogP contribution in [-0.4, -0.2) is 4.98 Å². The molecule has 0 aliphatic carbocycles. The molecular formula is C9H4Cl2NO2. The first-order valence-corrected chi connectivity index (χ1v) is 4.46. The van der Waals surface area contributed by atoms with Gasteiger partial charge in [-0.15, -0.1) is 0 Å². The molecule has 5 heteroatoms. The predicted octanol–water partition coefficient (Wildman–Crippen LogP) is 3.57. The molecule has 0 atom stereocenters. The van der Waals surface area contributed by atoms with Crippen LogP contribution in [0.4, 0.5) is 0 Å². The van der Waals surface area contributed by atoms with Crippen LogP contribution in [0.5, 0.6) is 11.7 Å². The average Bonchev–Trinajstić information content (AvgIpc) is 2.64. The van der Waals surface area contributed by atoms with Crippen LogP contribution in [-0.2, 0) is 0 Å². The Morgan fingerprint density at radius 1 is 1.29 bits per heavy atom. The molecule has 2 rings (SSSR count). The summed E-state index contributed by atoms with van der Waals surface area (Å²) in [4.78, 5) is 3.58. The Bertz CT molecular complexity index is 428. The van der Waals surface area contributed by atoms with Crippen molar-refractivity contribution in [2.45, 2.75) is 0 Å². The van der Waals surface area contributed by atoms with Crippen LogP contribution < -0.4 is 4.74 Å². The number of rotatable bonds is 2. The maximum absolute atomic E-state index is 5.79. The number of ether oxygens (including phenoxy) is 1. The molecule has 0 aliphatic heterocycles. The van der Waals surface area contributed by atoms with Gasteiger partial charge in [0.15, 0.2) is 0 Å². The highest BCUT2D eigenvalue weighted by Crippen LogP contribution is 2.28. The lowest BCUT2D eigenvalue weighted by Gasteiger charge is -2.01. The molecule has 3 nitrogen and oxygen atoms in total. The standard InChI is InChI=1S/C9H4Cl2NO2/c10-7-2-1-6(3-8(7)11)14-9-4-12-5-13-9/h1-4H. The van der Waals surface area contributed by atoms with E-state index in [2.05, 4.69) is 11.4 Å². The zero-order valence-corrected chi connectivity index (χ0v) is 8.34. The quantitative estimate of drug-likeness (QED) is 0.789. The van der Waals surface area contributed by atoms with Crippen molar-refractivity contribution in [1.29, 1.82) is 0 Å². The fourth-order valence-corrected chi connectivity index (χ4v) is 1.17. The van der Waals surface area contributed by atoms with Crippen molar-refractivity contribution < 1.29 is 9.15 Å². The lowest BCUT2D eigenvalue weighted by Crippen LogP contribution is -1.81. The van der Waals surface area contributed by atoms with Crippen molar-refractivity contribution >= 4 is 23.2 Å². The molecule has 0 saturated heterocycles. The summed E-state index contributed by atoms with van der Waals surface area (Å²) >= 11 is 11.5. The molecule has 0 unspecified atom stereocenters. The number of nitrogens with zero attached hydrogens (tertiary/aromatic N) is 1. The predicted molar refractivity (Wildman–Crippen MR) is 51.9 cm³/mol. The smallest absolute Gasteiger partial charge is 0.311 e. The van der Waals surface area contributed by atoms with Crippen molar-refractivity contribution in [3.05, 3.63) is 40.8 Å². The van der Waals surface area contributed by atoms with Crippen molar-refractivity contribution in [2.24, 2.45) is 0 Å². The van der Waals surface area contributed by atoms with E-state index in [1.54, 1.807) is 18.2 Å². The molecule has 14 heavy (non-hydrogen) atoms. The van der Waals surface area contributed by atoms with E-state index in [0.717, 1.165) is 0 Å². The van der Waals surface area contributed by atoms with Gasteiger partial charge in [0.2, 0.25) is 0 Å². The molecule has 0 N–H and O–H groups in total. The first-order chi connectivity index (χ1) is 6.75. The summed E-state index contributed by atoms with van der Waals surface area (Å²) in [5, 5.41) is 0.899. The summed E-state index contributed by atoms with van der Waals surface area (Å²) in [7, 11) is 0. The second-order valence-corrected chi connectivity index (χ2v) is 3.26. The van der Waals surface area contributed by atoms with Crippen LogP contribution in [0.3, 0.4) is 0 Å². The Kier molecular flexibility index (Phi) is 2.61. The number of hydrogen-bond acceptors (Lipinski definition) is 3. The van der Waals surface area contributed by atoms with E-state index < -0.39 is 0 Å². The lowest BCUT2D eigenvalue weighted by atomic mass is 10.3. The number of benzene rings is 1. The van der Waals surface area contributed by atoms with Gasteiger partial charge in [0, 0.05) is 6.07 Å². The summed E-state index contributed by atoms with van der Waals surface area (Å²) in [6.07, 6.45) is 3.67. The SMILES string of the molecule is Clc1ccc(Oc2cn[c]o2)cc1Cl.